The summed E-state index contributed by atoms with van der Waals surface area (Å²) in [6.45, 7) is 7.83. The molecule has 0 aliphatic carbocycles. The van der Waals surface area contributed by atoms with Gasteiger partial charge in [0.15, 0.2) is 0 Å². The van der Waals surface area contributed by atoms with Gasteiger partial charge in [-0.25, -0.2) is 4.98 Å². The van der Waals surface area contributed by atoms with Crippen LogP contribution in [0.15, 0.2) is 5.51 Å². The van der Waals surface area contributed by atoms with Crippen molar-refractivity contribution in [1.29, 1.82) is 0 Å². The molecule has 1 saturated heterocycles. The van der Waals surface area contributed by atoms with Crippen LogP contribution < -0.4 is 5.32 Å². The number of thioether (sulfide) groups is 1. The van der Waals surface area contributed by atoms with E-state index in [4.69, 9.17) is 0 Å². The second kappa shape index (κ2) is 6.59. The minimum atomic E-state index is 0.971. The van der Waals surface area contributed by atoms with Gasteiger partial charge in [0.1, 0.15) is 0 Å². The zero-order valence-corrected chi connectivity index (χ0v) is 11.4. The molecule has 16 heavy (non-hydrogen) atoms. The molecule has 0 saturated carbocycles. The number of rotatable bonds is 5. The minimum Gasteiger partial charge on any atom is -0.311 e. The number of thiazole rings is 1. The Hall–Kier alpha value is -0.100. The van der Waals surface area contributed by atoms with Gasteiger partial charge in [0.05, 0.1) is 11.2 Å². The lowest BCUT2D eigenvalue weighted by molar-refractivity contribution is 0.301. The largest absolute Gasteiger partial charge is 0.311 e. The SMILES string of the molecule is Cc1ncsc1CNCCN1CCSCC1. The van der Waals surface area contributed by atoms with Crippen LogP contribution in [0.1, 0.15) is 10.6 Å². The molecule has 1 aliphatic rings. The maximum Gasteiger partial charge on any atom is 0.0798 e. The molecular formula is C11H19N3S2. The van der Waals surface area contributed by atoms with Gasteiger partial charge in [-0.05, 0) is 6.92 Å². The molecule has 0 spiro atoms. The van der Waals surface area contributed by atoms with E-state index in [1.807, 2.05) is 5.51 Å². The number of nitrogens with one attached hydrogen (secondary N) is 1. The third kappa shape index (κ3) is 3.73. The molecule has 1 fully saturated rings. The summed E-state index contributed by atoms with van der Waals surface area (Å²) in [6.07, 6.45) is 0. The van der Waals surface area contributed by atoms with Crippen molar-refractivity contribution in [3.8, 4) is 0 Å². The average molecular weight is 257 g/mol. The summed E-state index contributed by atoms with van der Waals surface area (Å²) in [6, 6.07) is 0. The monoisotopic (exact) mass is 257 g/mol. The van der Waals surface area contributed by atoms with Gasteiger partial charge < -0.3 is 10.2 Å². The standard InChI is InChI=1S/C11H19N3S2/c1-10-11(16-9-13-10)8-12-2-3-14-4-6-15-7-5-14/h9,12H,2-8H2,1H3. The van der Waals surface area contributed by atoms with Crippen LogP contribution in [0.5, 0.6) is 0 Å². The van der Waals surface area contributed by atoms with Gasteiger partial charge in [-0.2, -0.15) is 11.8 Å². The first-order valence-electron chi connectivity index (χ1n) is 5.76. The van der Waals surface area contributed by atoms with E-state index in [2.05, 4.69) is 33.9 Å². The second-order valence-electron chi connectivity index (χ2n) is 3.99. The summed E-state index contributed by atoms with van der Waals surface area (Å²) >= 11 is 3.81. The van der Waals surface area contributed by atoms with E-state index in [1.165, 1.54) is 41.7 Å². The van der Waals surface area contributed by atoms with Crippen molar-refractivity contribution in [2.24, 2.45) is 0 Å². The molecule has 1 aromatic heterocycles. The van der Waals surface area contributed by atoms with E-state index in [0.29, 0.717) is 0 Å². The predicted octanol–water partition coefficient (Wildman–Crippen LogP) is 1.59. The topological polar surface area (TPSA) is 28.2 Å². The number of aromatic nitrogens is 1. The molecule has 90 valence electrons. The van der Waals surface area contributed by atoms with E-state index in [0.717, 1.165) is 13.1 Å². The Balaban J connectivity index is 1.59. The van der Waals surface area contributed by atoms with Gasteiger partial charge in [-0.15, -0.1) is 11.3 Å². The highest BCUT2D eigenvalue weighted by atomic mass is 32.2. The molecule has 0 aromatic carbocycles. The summed E-state index contributed by atoms with van der Waals surface area (Å²) in [7, 11) is 0. The third-order valence-corrected chi connectivity index (χ3v) is 4.72. The van der Waals surface area contributed by atoms with Gasteiger partial charge in [0, 0.05) is 49.1 Å². The molecular weight excluding hydrogens is 238 g/mol. The van der Waals surface area contributed by atoms with Crippen molar-refractivity contribution in [3.63, 3.8) is 0 Å². The summed E-state index contributed by atoms with van der Waals surface area (Å²) < 4.78 is 0. The Morgan fingerprint density at radius 1 is 1.44 bits per heavy atom. The van der Waals surface area contributed by atoms with Gasteiger partial charge in [0.2, 0.25) is 0 Å². The Labute approximate surface area is 106 Å². The third-order valence-electron chi connectivity index (χ3n) is 2.84. The van der Waals surface area contributed by atoms with Crippen molar-refractivity contribution in [1.82, 2.24) is 15.2 Å². The zero-order chi connectivity index (χ0) is 11.2. The van der Waals surface area contributed by atoms with Crippen LogP contribution in [-0.2, 0) is 6.54 Å². The minimum absolute atomic E-state index is 0.971. The first kappa shape index (κ1) is 12.4. The number of hydrogen-bond acceptors (Lipinski definition) is 5. The van der Waals surface area contributed by atoms with E-state index in [1.54, 1.807) is 11.3 Å². The molecule has 5 heteroatoms. The van der Waals surface area contributed by atoms with Gasteiger partial charge in [0.25, 0.3) is 0 Å². The molecule has 0 radical (unpaired) electrons. The number of hydrogen-bond donors (Lipinski definition) is 1. The highest BCUT2D eigenvalue weighted by Gasteiger charge is 2.09. The lowest BCUT2D eigenvalue weighted by atomic mass is 10.4. The molecule has 0 atom stereocenters. The predicted molar refractivity (Wildman–Crippen MR) is 72.3 cm³/mol. The number of aryl methyl sites for hydroxylation is 1. The Morgan fingerprint density at radius 3 is 2.94 bits per heavy atom. The fourth-order valence-electron chi connectivity index (χ4n) is 1.76. The van der Waals surface area contributed by atoms with Crippen molar-refractivity contribution in [2.75, 3.05) is 37.7 Å². The molecule has 1 aromatic rings. The first-order chi connectivity index (χ1) is 7.86. The summed E-state index contributed by atoms with van der Waals surface area (Å²) in [5.41, 5.74) is 3.10. The highest BCUT2D eigenvalue weighted by molar-refractivity contribution is 7.99. The Morgan fingerprint density at radius 2 is 2.25 bits per heavy atom. The summed E-state index contributed by atoms with van der Waals surface area (Å²) in [5, 5.41) is 3.50. The van der Waals surface area contributed by atoms with Crippen LogP contribution in [0, 0.1) is 6.92 Å². The van der Waals surface area contributed by atoms with Crippen molar-refractivity contribution in [2.45, 2.75) is 13.5 Å². The van der Waals surface area contributed by atoms with Crippen LogP contribution in [0.4, 0.5) is 0 Å². The highest BCUT2D eigenvalue weighted by Crippen LogP contribution is 2.11. The van der Waals surface area contributed by atoms with Gasteiger partial charge in [-0.3, -0.25) is 0 Å². The zero-order valence-electron chi connectivity index (χ0n) is 9.74. The van der Waals surface area contributed by atoms with Crippen LogP contribution in [-0.4, -0.2) is 47.6 Å². The second-order valence-corrected chi connectivity index (χ2v) is 6.16. The maximum atomic E-state index is 4.25. The molecule has 0 amide bonds. The molecule has 0 unspecified atom stereocenters. The van der Waals surface area contributed by atoms with Gasteiger partial charge in [-0.1, -0.05) is 0 Å². The van der Waals surface area contributed by atoms with Crippen molar-refractivity contribution in [3.05, 3.63) is 16.1 Å². The van der Waals surface area contributed by atoms with Crippen LogP contribution >= 0.6 is 23.1 Å². The molecule has 2 heterocycles. The maximum absolute atomic E-state index is 4.25. The fourth-order valence-corrected chi connectivity index (χ4v) is 3.49. The Kier molecular flexibility index (Phi) is 5.09. The normalized spacial score (nSPS) is 17.8. The van der Waals surface area contributed by atoms with E-state index in [9.17, 15) is 0 Å². The molecule has 1 N–H and O–H groups in total. The van der Waals surface area contributed by atoms with E-state index >= 15 is 0 Å². The Bertz CT molecular complexity index is 308. The van der Waals surface area contributed by atoms with Gasteiger partial charge >= 0.3 is 0 Å². The molecule has 2 rings (SSSR count). The first-order valence-corrected chi connectivity index (χ1v) is 7.79. The van der Waals surface area contributed by atoms with Crippen LogP contribution in [0.3, 0.4) is 0 Å². The lowest BCUT2D eigenvalue weighted by Crippen LogP contribution is -2.37. The molecule has 0 bridgehead atoms. The lowest BCUT2D eigenvalue weighted by Gasteiger charge is -2.26. The molecule has 1 aliphatic heterocycles. The van der Waals surface area contributed by atoms with Crippen molar-refractivity contribution >= 4 is 23.1 Å². The van der Waals surface area contributed by atoms with Crippen LogP contribution in [0.2, 0.25) is 0 Å². The van der Waals surface area contributed by atoms with E-state index < -0.39 is 0 Å². The summed E-state index contributed by atoms with van der Waals surface area (Å²) in [4.78, 5) is 8.16. The average Bonchev–Trinajstić information content (AvgIpc) is 2.72. The quantitative estimate of drug-likeness (QED) is 0.811. The smallest absolute Gasteiger partial charge is 0.0798 e. The molecule has 3 nitrogen and oxygen atoms in total. The van der Waals surface area contributed by atoms with Crippen molar-refractivity contribution < 1.29 is 0 Å². The number of nitrogens with zero attached hydrogens (tertiary/aromatic N) is 2. The fraction of sp³-hybridized carbons (Fsp3) is 0.727. The van der Waals surface area contributed by atoms with Crippen LogP contribution in [0.25, 0.3) is 0 Å². The van der Waals surface area contributed by atoms with E-state index in [-0.39, 0.29) is 0 Å². The summed E-state index contributed by atoms with van der Waals surface area (Å²) in [5.74, 6) is 2.60.